The van der Waals surface area contributed by atoms with E-state index in [4.69, 9.17) is 0 Å². The molecule has 0 aromatic heterocycles. The first-order valence-corrected chi connectivity index (χ1v) is 10.6. The van der Waals surface area contributed by atoms with Gasteiger partial charge >= 0.3 is 0 Å². The molecule has 3 rings (SSSR count). The quantitative estimate of drug-likeness (QED) is 0.769. The van der Waals surface area contributed by atoms with Crippen molar-refractivity contribution in [2.45, 2.75) is 23.8 Å². The van der Waals surface area contributed by atoms with E-state index in [9.17, 15) is 17.6 Å². The van der Waals surface area contributed by atoms with E-state index in [0.29, 0.717) is 24.2 Å². The van der Waals surface area contributed by atoms with E-state index in [-0.39, 0.29) is 23.2 Å². The molecule has 6 nitrogen and oxygen atoms in total. The minimum atomic E-state index is -3.77. The third-order valence-corrected chi connectivity index (χ3v) is 6.33. The van der Waals surface area contributed by atoms with E-state index in [2.05, 4.69) is 4.72 Å². The smallest absolute Gasteiger partial charge is 0.240 e. The van der Waals surface area contributed by atoms with Crippen molar-refractivity contribution in [2.75, 3.05) is 32.1 Å². The molecule has 0 bridgehead atoms. The van der Waals surface area contributed by atoms with Gasteiger partial charge in [-0.2, -0.15) is 0 Å². The van der Waals surface area contributed by atoms with Crippen LogP contribution in [0.15, 0.2) is 53.4 Å². The summed E-state index contributed by atoms with van der Waals surface area (Å²) in [5.41, 5.74) is 1.12. The Balaban J connectivity index is 1.74. The molecule has 1 aliphatic heterocycles. The number of nitrogens with one attached hydrogen (secondary N) is 1. The average Bonchev–Trinajstić information content (AvgIpc) is 3.09. The van der Waals surface area contributed by atoms with Gasteiger partial charge in [-0.05, 0) is 50.8 Å². The number of nitrogens with zero attached hydrogens (tertiary/aromatic N) is 2. The van der Waals surface area contributed by atoms with Crippen LogP contribution in [0.4, 0.5) is 10.1 Å². The molecule has 1 N–H and O–H groups in total. The second-order valence-electron chi connectivity index (χ2n) is 7.00. The standard InChI is InChI=1S/C20H24FN3O3S/c1-23(2)19(17-6-3-4-7-18(17)21)14-22-28(26,27)16-11-9-15(10-12-16)24-13-5-8-20(24)25/h3-4,6-7,9-12,19,22H,5,8,13-14H2,1-2H3/t19-/m1/s1. The molecule has 1 saturated heterocycles. The summed E-state index contributed by atoms with van der Waals surface area (Å²) < 4.78 is 42.0. The zero-order chi connectivity index (χ0) is 20.3. The molecule has 150 valence electrons. The van der Waals surface area contributed by atoms with Crippen LogP contribution in [-0.4, -0.2) is 46.4 Å². The summed E-state index contributed by atoms with van der Waals surface area (Å²) in [6.07, 6.45) is 1.33. The number of rotatable bonds is 7. The highest BCUT2D eigenvalue weighted by Gasteiger charge is 2.24. The first-order chi connectivity index (χ1) is 13.3. The normalized spacial score (nSPS) is 16.0. The Morgan fingerprint density at radius 1 is 1.14 bits per heavy atom. The molecule has 8 heteroatoms. The van der Waals surface area contributed by atoms with Crippen LogP contribution in [0.1, 0.15) is 24.4 Å². The number of amides is 1. The summed E-state index contributed by atoms with van der Waals surface area (Å²) >= 11 is 0. The summed E-state index contributed by atoms with van der Waals surface area (Å²) in [4.78, 5) is 15.3. The van der Waals surface area contributed by atoms with Crippen molar-refractivity contribution in [3.8, 4) is 0 Å². The van der Waals surface area contributed by atoms with Crippen LogP contribution in [0.5, 0.6) is 0 Å². The van der Waals surface area contributed by atoms with Crippen molar-refractivity contribution in [2.24, 2.45) is 0 Å². The van der Waals surface area contributed by atoms with Gasteiger partial charge in [-0.3, -0.25) is 4.79 Å². The monoisotopic (exact) mass is 405 g/mol. The second kappa shape index (κ2) is 8.38. The van der Waals surface area contributed by atoms with Crippen molar-refractivity contribution in [1.29, 1.82) is 0 Å². The lowest BCUT2D eigenvalue weighted by Gasteiger charge is -2.25. The first kappa shape index (κ1) is 20.4. The van der Waals surface area contributed by atoms with Gasteiger partial charge in [0, 0.05) is 30.8 Å². The lowest BCUT2D eigenvalue weighted by Crippen LogP contribution is -2.35. The van der Waals surface area contributed by atoms with Crippen molar-refractivity contribution in [3.63, 3.8) is 0 Å². The number of benzene rings is 2. The molecule has 2 aromatic carbocycles. The molecule has 0 spiro atoms. The van der Waals surface area contributed by atoms with Gasteiger partial charge < -0.3 is 9.80 Å². The van der Waals surface area contributed by atoms with E-state index in [0.717, 1.165) is 6.42 Å². The number of likely N-dealkylation sites (N-methyl/N-ethyl adjacent to an activating group) is 1. The topological polar surface area (TPSA) is 69.7 Å². The molecule has 1 amide bonds. The minimum Gasteiger partial charge on any atom is -0.312 e. The Morgan fingerprint density at radius 2 is 1.82 bits per heavy atom. The third kappa shape index (κ3) is 4.40. The van der Waals surface area contributed by atoms with Gasteiger partial charge in [0.25, 0.3) is 0 Å². The Hall–Kier alpha value is -2.29. The van der Waals surface area contributed by atoms with Gasteiger partial charge in [0.15, 0.2) is 0 Å². The molecule has 1 aliphatic rings. The fourth-order valence-corrected chi connectivity index (χ4v) is 4.35. The Morgan fingerprint density at radius 3 is 2.39 bits per heavy atom. The zero-order valence-electron chi connectivity index (χ0n) is 15.9. The van der Waals surface area contributed by atoms with Crippen LogP contribution in [0.25, 0.3) is 0 Å². The maximum atomic E-state index is 14.1. The fourth-order valence-electron chi connectivity index (χ4n) is 3.31. The summed E-state index contributed by atoms with van der Waals surface area (Å²) in [5, 5.41) is 0. The number of carbonyl (C=O) groups excluding carboxylic acids is 1. The van der Waals surface area contributed by atoms with Crippen LogP contribution in [0.3, 0.4) is 0 Å². The van der Waals surface area contributed by atoms with Crippen LogP contribution in [-0.2, 0) is 14.8 Å². The molecule has 0 radical (unpaired) electrons. The van der Waals surface area contributed by atoms with Crippen LogP contribution in [0.2, 0.25) is 0 Å². The SMILES string of the molecule is CN(C)[C@H](CNS(=O)(=O)c1ccc(N2CCCC2=O)cc1)c1ccccc1F. The molecule has 28 heavy (non-hydrogen) atoms. The van der Waals surface area contributed by atoms with E-state index in [1.807, 2.05) is 0 Å². The molecule has 2 aromatic rings. The van der Waals surface area contributed by atoms with Crippen LogP contribution >= 0.6 is 0 Å². The largest absolute Gasteiger partial charge is 0.312 e. The Bertz CT molecular complexity index is 945. The molecule has 1 atom stereocenters. The van der Waals surface area contributed by atoms with Gasteiger partial charge in [-0.1, -0.05) is 18.2 Å². The Kier molecular flexibility index (Phi) is 6.12. The van der Waals surface area contributed by atoms with E-state index >= 15 is 0 Å². The van der Waals surface area contributed by atoms with E-state index in [1.165, 1.54) is 18.2 Å². The number of anilines is 1. The minimum absolute atomic E-state index is 0.0304. The Labute approximate surface area is 165 Å². The van der Waals surface area contributed by atoms with E-state index < -0.39 is 16.1 Å². The predicted octanol–water partition coefficient (Wildman–Crippen LogP) is 2.53. The second-order valence-corrected chi connectivity index (χ2v) is 8.76. The summed E-state index contributed by atoms with van der Waals surface area (Å²) in [5.74, 6) is -0.326. The molecule has 1 fully saturated rings. The number of carbonyl (C=O) groups is 1. The van der Waals surface area contributed by atoms with Gasteiger partial charge in [-0.15, -0.1) is 0 Å². The van der Waals surface area contributed by atoms with E-state index in [1.54, 1.807) is 54.2 Å². The number of halogens is 1. The molecule has 0 aliphatic carbocycles. The summed E-state index contributed by atoms with van der Waals surface area (Å²) in [7, 11) is -0.224. The number of hydrogen-bond donors (Lipinski definition) is 1. The van der Waals surface area contributed by atoms with Crippen molar-refractivity contribution in [1.82, 2.24) is 9.62 Å². The van der Waals surface area contributed by atoms with Gasteiger partial charge in [0.05, 0.1) is 10.9 Å². The maximum absolute atomic E-state index is 14.1. The van der Waals surface area contributed by atoms with Crippen molar-refractivity contribution >= 4 is 21.6 Å². The highest BCUT2D eigenvalue weighted by atomic mass is 32.2. The number of sulfonamides is 1. The highest BCUT2D eigenvalue weighted by Crippen LogP contribution is 2.24. The molecular weight excluding hydrogens is 381 g/mol. The lowest BCUT2D eigenvalue weighted by molar-refractivity contribution is -0.117. The van der Waals surface area contributed by atoms with Crippen LogP contribution < -0.4 is 9.62 Å². The third-order valence-electron chi connectivity index (χ3n) is 4.89. The van der Waals surface area contributed by atoms with Crippen LogP contribution in [0, 0.1) is 5.82 Å². The summed E-state index contributed by atoms with van der Waals surface area (Å²) in [6.45, 7) is 0.680. The fraction of sp³-hybridized carbons (Fsp3) is 0.350. The van der Waals surface area contributed by atoms with Crippen molar-refractivity contribution in [3.05, 3.63) is 59.9 Å². The molecule has 1 heterocycles. The van der Waals surface area contributed by atoms with Crippen molar-refractivity contribution < 1.29 is 17.6 Å². The number of hydrogen-bond acceptors (Lipinski definition) is 4. The highest BCUT2D eigenvalue weighted by molar-refractivity contribution is 7.89. The van der Waals surface area contributed by atoms with Gasteiger partial charge in [0.1, 0.15) is 5.82 Å². The van der Waals surface area contributed by atoms with Gasteiger partial charge in [0.2, 0.25) is 15.9 Å². The average molecular weight is 405 g/mol. The molecular formula is C20H24FN3O3S. The molecule has 0 saturated carbocycles. The first-order valence-electron chi connectivity index (χ1n) is 9.10. The summed E-state index contributed by atoms with van der Waals surface area (Å²) in [6, 6.07) is 12.1. The van der Waals surface area contributed by atoms with Gasteiger partial charge in [-0.25, -0.2) is 17.5 Å². The molecule has 0 unspecified atom stereocenters. The predicted molar refractivity (Wildman–Crippen MR) is 106 cm³/mol. The maximum Gasteiger partial charge on any atom is 0.240 e. The zero-order valence-corrected chi connectivity index (χ0v) is 16.7. The lowest BCUT2D eigenvalue weighted by atomic mass is 10.1.